The molecule has 0 unspecified atom stereocenters. The van der Waals surface area contributed by atoms with E-state index in [1.807, 2.05) is 18.2 Å². The van der Waals surface area contributed by atoms with Crippen LogP contribution in [0.4, 0.5) is 0 Å². The van der Waals surface area contributed by atoms with E-state index in [0.29, 0.717) is 12.4 Å². The van der Waals surface area contributed by atoms with Crippen LogP contribution in [0.2, 0.25) is 0 Å². The third-order valence-electron chi connectivity index (χ3n) is 2.67. The Labute approximate surface area is 104 Å². The van der Waals surface area contributed by atoms with Gasteiger partial charge < -0.3 is 10.5 Å². The maximum Gasteiger partial charge on any atom is 0.213 e. The molecule has 1 aromatic rings. The highest BCUT2D eigenvalue weighted by Crippen LogP contribution is 2.15. The van der Waals surface area contributed by atoms with Crippen molar-refractivity contribution in [3.05, 3.63) is 23.9 Å². The molecule has 0 aliphatic heterocycles. The van der Waals surface area contributed by atoms with Crippen molar-refractivity contribution in [3.63, 3.8) is 0 Å². The zero-order chi connectivity index (χ0) is 12.9. The lowest BCUT2D eigenvalue weighted by atomic mass is 9.93. The topological polar surface area (TPSA) is 51.4 Å². The summed E-state index contributed by atoms with van der Waals surface area (Å²) in [5, 5.41) is 0. The Morgan fingerprint density at radius 3 is 2.71 bits per heavy atom. The van der Waals surface area contributed by atoms with Gasteiger partial charge in [-0.05, 0) is 25.1 Å². The number of ether oxygens (including phenoxy) is 1. The second-order valence-electron chi connectivity index (χ2n) is 5.21. The molecule has 0 aliphatic rings. The van der Waals surface area contributed by atoms with Crippen LogP contribution in [0.1, 0.15) is 19.5 Å². The van der Waals surface area contributed by atoms with Crippen LogP contribution in [-0.4, -0.2) is 37.1 Å². The maximum absolute atomic E-state index is 5.73. The van der Waals surface area contributed by atoms with Gasteiger partial charge in [0.15, 0.2) is 0 Å². The molecule has 0 saturated heterocycles. The highest BCUT2D eigenvalue weighted by molar-refractivity contribution is 5.15. The summed E-state index contributed by atoms with van der Waals surface area (Å²) in [5.41, 5.74) is 6.88. The first-order valence-electron chi connectivity index (χ1n) is 5.85. The van der Waals surface area contributed by atoms with Crippen molar-refractivity contribution in [1.29, 1.82) is 0 Å². The number of methoxy groups -OCH3 is 1. The summed E-state index contributed by atoms with van der Waals surface area (Å²) >= 11 is 0. The third-order valence-corrected chi connectivity index (χ3v) is 2.67. The van der Waals surface area contributed by atoms with Gasteiger partial charge in [0.2, 0.25) is 5.88 Å². The van der Waals surface area contributed by atoms with Crippen LogP contribution in [0.3, 0.4) is 0 Å². The molecular formula is C13H23N3O. The predicted molar refractivity (Wildman–Crippen MR) is 70.0 cm³/mol. The van der Waals surface area contributed by atoms with Gasteiger partial charge in [0.25, 0.3) is 0 Å². The van der Waals surface area contributed by atoms with E-state index >= 15 is 0 Å². The van der Waals surface area contributed by atoms with E-state index < -0.39 is 0 Å². The molecule has 96 valence electrons. The van der Waals surface area contributed by atoms with Gasteiger partial charge in [0.05, 0.1) is 12.8 Å². The van der Waals surface area contributed by atoms with Gasteiger partial charge in [-0.25, -0.2) is 4.98 Å². The minimum absolute atomic E-state index is 0.133. The molecule has 1 aromatic heterocycles. The van der Waals surface area contributed by atoms with E-state index in [9.17, 15) is 0 Å². The number of pyridine rings is 1. The Kier molecular flexibility index (Phi) is 4.90. The zero-order valence-electron chi connectivity index (χ0n) is 11.2. The van der Waals surface area contributed by atoms with Crippen LogP contribution >= 0.6 is 0 Å². The van der Waals surface area contributed by atoms with Gasteiger partial charge in [0, 0.05) is 19.2 Å². The monoisotopic (exact) mass is 237 g/mol. The lowest BCUT2D eigenvalue weighted by molar-refractivity contribution is 0.207. The van der Waals surface area contributed by atoms with Gasteiger partial charge in [-0.2, -0.15) is 0 Å². The summed E-state index contributed by atoms with van der Waals surface area (Å²) in [7, 11) is 3.71. The van der Waals surface area contributed by atoms with Gasteiger partial charge >= 0.3 is 0 Å². The minimum Gasteiger partial charge on any atom is -0.481 e. The fourth-order valence-electron chi connectivity index (χ4n) is 1.79. The molecule has 0 radical (unpaired) electrons. The molecule has 4 heteroatoms. The molecule has 0 spiro atoms. The molecule has 4 nitrogen and oxygen atoms in total. The Morgan fingerprint density at radius 2 is 2.12 bits per heavy atom. The first-order valence-corrected chi connectivity index (χ1v) is 5.85. The highest BCUT2D eigenvalue weighted by Gasteiger charge is 2.18. The SMILES string of the molecule is COc1cccc(CN(C)CC(C)(C)CN)n1. The van der Waals surface area contributed by atoms with E-state index in [0.717, 1.165) is 18.8 Å². The number of rotatable bonds is 6. The summed E-state index contributed by atoms with van der Waals surface area (Å²) in [6.07, 6.45) is 0. The van der Waals surface area contributed by atoms with Crippen LogP contribution in [0, 0.1) is 5.41 Å². The molecule has 0 atom stereocenters. The number of aromatic nitrogens is 1. The standard InChI is InChI=1S/C13H23N3O/c1-13(2,9-14)10-16(3)8-11-6-5-7-12(15-11)17-4/h5-7H,8-10,14H2,1-4H3. The maximum atomic E-state index is 5.73. The molecule has 0 bridgehead atoms. The van der Waals surface area contributed by atoms with Crippen LogP contribution in [0.15, 0.2) is 18.2 Å². The molecule has 0 amide bonds. The third kappa shape index (κ3) is 4.71. The highest BCUT2D eigenvalue weighted by atomic mass is 16.5. The van der Waals surface area contributed by atoms with Crippen LogP contribution in [0.5, 0.6) is 5.88 Å². The molecule has 0 saturated carbocycles. The fraction of sp³-hybridized carbons (Fsp3) is 0.615. The quantitative estimate of drug-likeness (QED) is 0.814. The summed E-state index contributed by atoms with van der Waals surface area (Å²) < 4.78 is 5.11. The molecule has 0 aliphatic carbocycles. The van der Waals surface area contributed by atoms with Gasteiger partial charge in [0.1, 0.15) is 0 Å². The largest absolute Gasteiger partial charge is 0.481 e. The first-order chi connectivity index (χ1) is 7.96. The summed E-state index contributed by atoms with van der Waals surface area (Å²) in [4.78, 5) is 6.62. The number of nitrogens with zero attached hydrogens (tertiary/aromatic N) is 2. The first kappa shape index (κ1) is 13.9. The van der Waals surface area contributed by atoms with E-state index in [4.69, 9.17) is 10.5 Å². The summed E-state index contributed by atoms with van der Waals surface area (Å²) in [6.45, 7) is 6.77. The van der Waals surface area contributed by atoms with E-state index in [2.05, 4.69) is 30.8 Å². The normalized spacial score (nSPS) is 11.9. The van der Waals surface area contributed by atoms with E-state index in [1.165, 1.54) is 0 Å². The molecule has 17 heavy (non-hydrogen) atoms. The fourth-order valence-corrected chi connectivity index (χ4v) is 1.79. The Hall–Kier alpha value is -1.13. The summed E-state index contributed by atoms with van der Waals surface area (Å²) in [6, 6.07) is 5.82. The van der Waals surface area contributed by atoms with Gasteiger partial charge in [-0.15, -0.1) is 0 Å². The lowest BCUT2D eigenvalue weighted by Gasteiger charge is -2.28. The molecule has 0 aromatic carbocycles. The smallest absolute Gasteiger partial charge is 0.213 e. The van der Waals surface area contributed by atoms with Crippen molar-refractivity contribution >= 4 is 0 Å². The zero-order valence-corrected chi connectivity index (χ0v) is 11.2. The molecular weight excluding hydrogens is 214 g/mol. The van der Waals surface area contributed by atoms with Crippen LogP contribution in [0.25, 0.3) is 0 Å². The summed E-state index contributed by atoms with van der Waals surface area (Å²) in [5.74, 6) is 0.661. The molecule has 1 rings (SSSR count). The second kappa shape index (κ2) is 5.98. The lowest BCUT2D eigenvalue weighted by Crippen LogP contribution is -2.36. The predicted octanol–water partition coefficient (Wildman–Crippen LogP) is 1.51. The van der Waals surface area contributed by atoms with Crippen LogP contribution in [-0.2, 0) is 6.54 Å². The Balaban J connectivity index is 2.58. The number of hydrogen-bond donors (Lipinski definition) is 1. The van der Waals surface area contributed by atoms with Crippen molar-refractivity contribution < 1.29 is 4.74 Å². The average Bonchev–Trinajstić information content (AvgIpc) is 2.28. The van der Waals surface area contributed by atoms with Crippen molar-refractivity contribution in [3.8, 4) is 5.88 Å². The van der Waals surface area contributed by atoms with Crippen molar-refractivity contribution in [2.45, 2.75) is 20.4 Å². The number of nitrogens with two attached hydrogens (primary N) is 1. The number of hydrogen-bond acceptors (Lipinski definition) is 4. The molecule has 2 N–H and O–H groups in total. The van der Waals surface area contributed by atoms with E-state index in [1.54, 1.807) is 7.11 Å². The molecule has 0 fully saturated rings. The van der Waals surface area contributed by atoms with Crippen LogP contribution < -0.4 is 10.5 Å². The second-order valence-corrected chi connectivity index (χ2v) is 5.21. The Morgan fingerprint density at radius 1 is 1.41 bits per heavy atom. The minimum atomic E-state index is 0.133. The van der Waals surface area contributed by atoms with Crippen molar-refractivity contribution in [2.24, 2.45) is 11.1 Å². The average molecular weight is 237 g/mol. The van der Waals surface area contributed by atoms with Crippen molar-refractivity contribution in [1.82, 2.24) is 9.88 Å². The van der Waals surface area contributed by atoms with Gasteiger partial charge in [-0.3, -0.25) is 4.90 Å². The Bertz CT molecular complexity index is 352. The van der Waals surface area contributed by atoms with Crippen molar-refractivity contribution in [2.75, 3.05) is 27.2 Å². The molecule has 1 heterocycles. The van der Waals surface area contributed by atoms with E-state index in [-0.39, 0.29) is 5.41 Å². The van der Waals surface area contributed by atoms with Gasteiger partial charge in [-0.1, -0.05) is 19.9 Å².